The first-order valence-corrected chi connectivity index (χ1v) is 7.48. The Morgan fingerprint density at radius 1 is 1.14 bits per heavy atom. The van der Waals surface area contributed by atoms with E-state index in [-0.39, 0.29) is 11.6 Å². The van der Waals surface area contributed by atoms with E-state index in [1.165, 1.54) is 12.1 Å². The van der Waals surface area contributed by atoms with Crippen molar-refractivity contribution < 1.29 is 9.72 Å². The molecule has 0 saturated heterocycles. The smallest absolute Gasteiger partial charge is 0.285 e. The SMILES string of the molecule is Cc1ccc(Br)c(C(=O)Nc2ccc(Br)c([N+](=O)[O-])c2)c1. The van der Waals surface area contributed by atoms with Gasteiger partial charge in [-0.15, -0.1) is 0 Å². The summed E-state index contributed by atoms with van der Waals surface area (Å²) in [6, 6.07) is 9.84. The highest BCUT2D eigenvalue weighted by Crippen LogP contribution is 2.28. The zero-order chi connectivity index (χ0) is 15.6. The van der Waals surface area contributed by atoms with Gasteiger partial charge >= 0.3 is 0 Å². The molecular weight excluding hydrogens is 404 g/mol. The number of nitro benzene ring substituents is 1. The molecule has 1 N–H and O–H groups in total. The molecule has 0 radical (unpaired) electrons. The molecule has 0 fully saturated rings. The summed E-state index contributed by atoms with van der Waals surface area (Å²) in [5, 5.41) is 13.5. The van der Waals surface area contributed by atoms with Crippen LogP contribution in [0.2, 0.25) is 0 Å². The van der Waals surface area contributed by atoms with Crippen molar-refractivity contribution in [2.24, 2.45) is 0 Å². The quantitative estimate of drug-likeness (QED) is 0.586. The van der Waals surface area contributed by atoms with E-state index in [0.29, 0.717) is 20.2 Å². The summed E-state index contributed by atoms with van der Waals surface area (Å²) in [6.45, 7) is 1.88. The van der Waals surface area contributed by atoms with E-state index in [1.54, 1.807) is 18.2 Å². The van der Waals surface area contributed by atoms with Crippen molar-refractivity contribution in [1.29, 1.82) is 0 Å². The molecule has 0 bridgehead atoms. The van der Waals surface area contributed by atoms with E-state index >= 15 is 0 Å². The Hall–Kier alpha value is -1.73. The molecule has 5 nitrogen and oxygen atoms in total. The fraction of sp³-hybridized carbons (Fsp3) is 0.0714. The molecular formula is C14H10Br2N2O3. The second-order valence-electron chi connectivity index (χ2n) is 4.36. The standard InChI is InChI=1S/C14H10Br2N2O3/c1-8-2-4-11(15)10(6-8)14(19)17-9-3-5-12(16)13(7-9)18(20)21/h2-7H,1H3,(H,17,19). The van der Waals surface area contributed by atoms with Crippen LogP contribution in [0.1, 0.15) is 15.9 Å². The number of hydrogen-bond donors (Lipinski definition) is 1. The van der Waals surface area contributed by atoms with E-state index in [4.69, 9.17) is 0 Å². The third-order valence-electron chi connectivity index (χ3n) is 2.77. The van der Waals surface area contributed by atoms with Gasteiger partial charge in [0.15, 0.2) is 0 Å². The molecule has 0 aliphatic rings. The summed E-state index contributed by atoms with van der Waals surface area (Å²) < 4.78 is 1.03. The van der Waals surface area contributed by atoms with Crippen LogP contribution in [0.3, 0.4) is 0 Å². The van der Waals surface area contributed by atoms with E-state index in [2.05, 4.69) is 37.2 Å². The molecule has 0 saturated carbocycles. The maximum atomic E-state index is 12.2. The predicted molar refractivity (Wildman–Crippen MR) is 87.6 cm³/mol. The first-order chi connectivity index (χ1) is 9.88. The van der Waals surface area contributed by atoms with Crippen LogP contribution >= 0.6 is 31.9 Å². The normalized spacial score (nSPS) is 10.2. The van der Waals surface area contributed by atoms with Gasteiger partial charge in [-0.05, 0) is 63.0 Å². The largest absolute Gasteiger partial charge is 0.322 e. The maximum absolute atomic E-state index is 12.2. The fourth-order valence-electron chi connectivity index (χ4n) is 1.74. The van der Waals surface area contributed by atoms with Crippen LogP contribution in [0.25, 0.3) is 0 Å². The maximum Gasteiger partial charge on any atom is 0.285 e. The van der Waals surface area contributed by atoms with Crippen LogP contribution in [-0.4, -0.2) is 10.8 Å². The summed E-state index contributed by atoms with van der Waals surface area (Å²) in [6.07, 6.45) is 0. The van der Waals surface area contributed by atoms with E-state index < -0.39 is 4.92 Å². The van der Waals surface area contributed by atoms with E-state index in [1.807, 2.05) is 13.0 Å². The number of carbonyl (C=O) groups excluding carboxylic acids is 1. The predicted octanol–water partition coefficient (Wildman–Crippen LogP) is 4.68. The van der Waals surface area contributed by atoms with Crippen molar-refractivity contribution in [3.63, 3.8) is 0 Å². The number of rotatable bonds is 3. The Labute approximate surface area is 137 Å². The number of nitrogens with zero attached hydrogens (tertiary/aromatic N) is 1. The minimum Gasteiger partial charge on any atom is -0.322 e. The summed E-state index contributed by atoms with van der Waals surface area (Å²) in [5.74, 6) is -0.331. The molecule has 0 aliphatic carbocycles. The highest BCUT2D eigenvalue weighted by atomic mass is 79.9. The average Bonchev–Trinajstić information content (AvgIpc) is 2.43. The van der Waals surface area contributed by atoms with Gasteiger partial charge in [-0.2, -0.15) is 0 Å². The second kappa shape index (κ2) is 6.36. The number of anilines is 1. The Kier molecular flexibility index (Phi) is 4.74. The first kappa shape index (κ1) is 15.7. The van der Waals surface area contributed by atoms with Gasteiger partial charge in [0.2, 0.25) is 0 Å². The molecule has 0 spiro atoms. The number of carbonyl (C=O) groups is 1. The van der Waals surface area contributed by atoms with Crippen molar-refractivity contribution in [1.82, 2.24) is 0 Å². The third-order valence-corrected chi connectivity index (χ3v) is 4.13. The lowest BCUT2D eigenvalue weighted by Gasteiger charge is -2.08. The number of benzene rings is 2. The number of hydrogen-bond acceptors (Lipinski definition) is 3. The monoisotopic (exact) mass is 412 g/mol. The van der Waals surface area contributed by atoms with E-state index in [0.717, 1.165) is 5.56 Å². The molecule has 7 heteroatoms. The zero-order valence-electron chi connectivity index (χ0n) is 10.9. The van der Waals surface area contributed by atoms with Crippen LogP contribution in [-0.2, 0) is 0 Å². The minimum absolute atomic E-state index is 0.101. The van der Waals surface area contributed by atoms with Gasteiger partial charge in [-0.3, -0.25) is 14.9 Å². The van der Waals surface area contributed by atoms with Crippen molar-refractivity contribution >= 4 is 49.1 Å². The molecule has 2 aromatic carbocycles. The number of aryl methyl sites for hydroxylation is 1. The van der Waals surface area contributed by atoms with Gasteiger partial charge in [0.05, 0.1) is 15.0 Å². The summed E-state index contributed by atoms with van der Waals surface area (Å²) in [7, 11) is 0. The lowest BCUT2D eigenvalue weighted by molar-refractivity contribution is -0.385. The number of nitrogens with one attached hydrogen (secondary N) is 1. The number of amides is 1. The number of nitro groups is 1. The van der Waals surface area contributed by atoms with Crippen molar-refractivity contribution in [3.05, 3.63) is 66.6 Å². The lowest BCUT2D eigenvalue weighted by Crippen LogP contribution is -2.13. The Bertz CT molecular complexity index is 732. The van der Waals surface area contributed by atoms with Crippen LogP contribution in [0.4, 0.5) is 11.4 Å². The van der Waals surface area contributed by atoms with E-state index in [9.17, 15) is 14.9 Å². The van der Waals surface area contributed by atoms with Crippen LogP contribution in [0.5, 0.6) is 0 Å². The topological polar surface area (TPSA) is 72.2 Å². The Balaban J connectivity index is 2.29. The fourth-order valence-corrected chi connectivity index (χ4v) is 2.56. The average molecular weight is 414 g/mol. The molecule has 0 atom stereocenters. The van der Waals surface area contributed by atoms with Gasteiger partial charge < -0.3 is 5.32 Å². The lowest BCUT2D eigenvalue weighted by atomic mass is 10.1. The van der Waals surface area contributed by atoms with Gasteiger partial charge in [0.25, 0.3) is 11.6 Å². The molecule has 21 heavy (non-hydrogen) atoms. The number of halogens is 2. The highest BCUT2D eigenvalue weighted by Gasteiger charge is 2.15. The first-order valence-electron chi connectivity index (χ1n) is 5.90. The Morgan fingerprint density at radius 3 is 2.48 bits per heavy atom. The molecule has 0 aliphatic heterocycles. The highest BCUT2D eigenvalue weighted by molar-refractivity contribution is 9.10. The molecule has 1 amide bonds. The van der Waals surface area contributed by atoms with Crippen LogP contribution in [0, 0.1) is 17.0 Å². The molecule has 0 heterocycles. The summed E-state index contributed by atoms with van der Waals surface area (Å²) >= 11 is 6.42. The summed E-state index contributed by atoms with van der Waals surface area (Å²) in [4.78, 5) is 22.6. The molecule has 0 unspecified atom stereocenters. The molecule has 0 aromatic heterocycles. The van der Waals surface area contributed by atoms with Gasteiger partial charge in [-0.25, -0.2) is 0 Å². The van der Waals surface area contributed by atoms with Gasteiger partial charge in [-0.1, -0.05) is 11.6 Å². The minimum atomic E-state index is -0.512. The van der Waals surface area contributed by atoms with Gasteiger partial charge in [0.1, 0.15) is 0 Å². The molecule has 2 rings (SSSR count). The second-order valence-corrected chi connectivity index (χ2v) is 6.07. The van der Waals surface area contributed by atoms with Crippen LogP contribution in [0.15, 0.2) is 45.3 Å². The van der Waals surface area contributed by atoms with Crippen molar-refractivity contribution in [2.75, 3.05) is 5.32 Å². The Morgan fingerprint density at radius 2 is 1.81 bits per heavy atom. The molecule has 2 aromatic rings. The van der Waals surface area contributed by atoms with Gasteiger partial charge in [0, 0.05) is 16.2 Å². The van der Waals surface area contributed by atoms with Crippen LogP contribution < -0.4 is 5.32 Å². The summed E-state index contributed by atoms with van der Waals surface area (Å²) in [5.41, 5.74) is 1.69. The molecule has 108 valence electrons. The van der Waals surface area contributed by atoms with Crippen molar-refractivity contribution in [3.8, 4) is 0 Å². The van der Waals surface area contributed by atoms with Crippen molar-refractivity contribution in [2.45, 2.75) is 6.92 Å². The third kappa shape index (κ3) is 3.68. The zero-order valence-corrected chi connectivity index (χ0v) is 14.1.